The van der Waals surface area contributed by atoms with E-state index in [1.54, 1.807) is 15.9 Å². The predicted octanol–water partition coefficient (Wildman–Crippen LogP) is 2.57. The van der Waals surface area contributed by atoms with Crippen LogP contribution in [-0.4, -0.2) is 30.5 Å². The summed E-state index contributed by atoms with van der Waals surface area (Å²) in [7, 11) is 0. The molecule has 0 saturated carbocycles. The average Bonchev–Trinajstić information content (AvgIpc) is 3.10. The molecule has 0 unspecified atom stereocenters. The second-order valence-electron chi connectivity index (χ2n) is 6.38. The molecule has 7 nitrogen and oxygen atoms in total. The van der Waals surface area contributed by atoms with Crippen molar-refractivity contribution in [3.05, 3.63) is 33.8 Å². The van der Waals surface area contributed by atoms with Gasteiger partial charge in [0.05, 0.1) is 5.69 Å². The molecule has 1 aliphatic rings. The van der Waals surface area contributed by atoms with Crippen LogP contribution in [0, 0.1) is 19.8 Å². The summed E-state index contributed by atoms with van der Waals surface area (Å²) >= 11 is 1.55. The summed E-state index contributed by atoms with van der Waals surface area (Å²) in [5.41, 5.74) is 2.85. The lowest BCUT2D eigenvalue weighted by atomic mass is 9.93. The van der Waals surface area contributed by atoms with E-state index in [4.69, 9.17) is 0 Å². The maximum atomic E-state index is 12.4. The van der Waals surface area contributed by atoms with Crippen LogP contribution in [0.4, 0.5) is 5.13 Å². The van der Waals surface area contributed by atoms with Gasteiger partial charge >= 0.3 is 0 Å². The van der Waals surface area contributed by atoms with Crippen LogP contribution < -0.4 is 5.32 Å². The largest absolute Gasteiger partial charge is 0.297 e. The molecule has 24 heavy (non-hydrogen) atoms. The minimum atomic E-state index is -0.350. The van der Waals surface area contributed by atoms with Crippen molar-refractivity contribution in [2.75, 3.05) is 5.32 Å². The fraction of sp³-hybridized carbons (Fsp3) is 0.438. The Labute approximate surface area is 143 Å². The molecular weight excluding hydrogens is 324 g/mol. The molecule has 1 amide bonds. The van der Waals surface area contributed by atoms with Crippen LogP contribution in [0.1, 0.15) is 45.9 Å². The minimum absolute atomic E-state index is 0.109. The molecule has 0 spiro atoms. The monoisotopic (exact) mass is 342 g/mol. The highest BCUT2D eigenvalue weighted by Crippen LogP contribution is 2.32. The van der Waals surface area contributed by atoms with Crippen molar-refractivity contribution in [1.29, 1.82) is 0 Å². The lowest BCUT2D eigenvalue weighted by molar-refractivity contribution is 0.101. The Morgan fingerprint density at radius 1 is 1.33 bits per heavy atom. The first-order valence-electron chi connectivity index (χ1n) is 8.00. The number of amides is 1. The fourth-order valence-corrected chi connectivity index (χ4v) is 4.18. The minimum Gasteiger partial charge on any atom is -0.295 e. The maximum Gasteiger partial charge on any atom is 0.297 e. The van der Waals surface area contributed by atoms with E-state index in [1.165, 1.54) is 4.88 Å². The van der Waals surface area contributed by atoms with E-state index >= 15 is 0 Å². The fourth-order valence-electron chi connectivity index (χ4n) is 3.01. The molecule has 0 saturated heterocycles. The number of carbonyl (C=O) groups excluding carboxylic acids is 1. The van der Waals surface area contributed by atoms with Gasteiger partial charge in [-0.25, -0.2) is 14.5 Å². The van der Waals surface area contributed by atoms with Crippen molar-refractivity contribution in [1.82, 2.24) is 24.6 Å². The number of nitrogens with zero attached hydrogens (tertiary/aromatic N) is 5. The Morgan fingerprint density at radius 2 is 2.17 bits per heavy atom. The van der Waals surface area contributed by atoms with Gasteiger partial charge in [-0.2, -0.15) is 4.98 Å². The third kappa shape index (κ3) is 2.66. The zero-order valence-corrected chi connectivity index (χ0v) is 14.6. The lowest BCUT2D eigenvalue weighted by Gasteiger charge is -2.15. The van der Waals surface area contributed by atoms with Gasteiger partial charge in [0.25, 0.3) is 11.7 Å². The highest BCUT2D eigenvalue weighted by atomic mass is 32.1. The van der Waals surface area contributed by atoms with E-state index in [9.17, 15) is 4.79 Å². The molecule has 0 aliphatic heterocycles. The van der Waals surface area contributed by atoms with E-state index in [2.05, 4.69) is 32.3 Å². The Bertz CT molecular complexity index is 944. The summed E-state index contributed by atoms with van der Waals surface area (Å²) in [6, 6.07) is 1.90. The highest BCUT2D eigenvalue weighted by Gasteiger charge is 2.22. The third-order valence-corrected chi connectivity index (χ3v) is 5.26. The molecule has 0 bridgehead atoms. The quantitative estimate of drug-likeness (QED) is 0.774. The van der Waals surface area contributed by atoms with Crippen LogP contribution in [0.3, 0.4) is 0 Å². The van der Waals surface area contributed by atoms with E-state index in [-0.39, 0.29) is 11.7 Å². The van der Waals surface area contributed by atoms with E-state index in [0.717, 1.165) is 36.3 Å². The summed E-state index contributed by atoms with van der Waals surface area (Å²) in [6.07, 6.45) is 3.18. The van der Waals surface area contributed by atoms with Crippen LogP contribution in [0.15, 0.2) is 6.07 Å². The Balaban J connectivity index is 1.59. The van der Waals surface area contributed by atoms with Crippen molar-refractivity contribution >= 4 is 28.2 Å². The zero-order valence-electron chi connectivity index (χ0n) is 13.8. The van der Waals surface area contributed by atoms with E-state index < -0.39 is 0 Å². The standard InChI is InChI=1S/C16H18N6OS/c1-8-4-5-11-12(6-8)24-16(18-11)20-14(23)13-19-15-17-9(2)7-10(3)22(15)21-13/h7-8H,4-6H2,1-3H3,(H,18,20,23)/t8-/m0/s1. The van der Waals surface area contributed by atoms with Crippen LogP contribution in [0.2, 0.25) is 0 Å². The predicted molar refractivity (Wildman–Crippen MR) is 91.5 cm³/mol. The summed E-state index contributed by atoms with van der Waals surface area (Å²) < 4.78 is 1.58. The molecule has 3 heterocycles. The molecule has 0 aromatic carbocycles. The second kappa shape index (κ2) is 5.62. The van der Waals surface area contributed by atoms with E-state index in [0.29, 0.717) is 16.8 Å². The smallest absolute Gasteiger partial charge is 0.295 e. The third-order valence-electron chi connectivity index (χ3n) is 4.23. The van der Waals surface area contributed by atoms with Gasteiger partial charge in [0.2, 0.25) is 5.82 Å². The van der Waals surface area contributed by atoms with Crippen LogP contribution in [0.25, 0.3) is 5.78 Å². The van der Waals surface area contributed by atoms with Crippen molar-refractivity contribution in [2.24, 2.45) is 5.92 Å². The first-order chi connectivity index (χ1) is 11.5. The first-order valence-corrected chi connectivity index (χ1v) is 8.82. The van der Waals surface area contributed by atoms with Crippen molar-refractivity contribution in [2.45, 2.75) is 40.0 Å². The second-order valence-corrected chi connectivity index (χ2v) is 7.46. The molecule has 1 atom stereocenters. The zero-order chi connectivity index (χ0) is 16.8. The van der Waals surface area contributed by atoms with Gasteiger partial charge in [-0.15, -0.1) is 16.4 Å². The summed E-state index contributed by atoms with van der Waals surface area (Å²) in [5.74, 6) is 0.873. The Hall–Kier alpha value is -2.35. The van der Waals surface area contributed by atoms with Crippen LogP contribution in [-0.2, 0) is 12.8 Å². The van der Waals surface area contributed by atoms with Gasteiger partial charge in [0, 0.05) is 16.3 Å². The number of carbonyl (C=O) groups is 1. The first kappa shape index (κ1) is 15.2. The summed E-state index contributed by atoms with van der Waals surface area (Å²) in [6.45, 7) is 6.05. The number of hydrogen-bond donors (Lipinski definition) is 1. The number of fused-ring (bicyclic) bond motifs is 2. The van der Waals surface area contributed by atoms with Gasteiger partial charge in [0.1, 0.15) is 0 Å². The normalized spacial score (nSPS) is 17.0. The number of aryl methyl sites for hydroxylation is 3. The van der Waals surface area contributed by atoms with Gasteiger partial charge in [-0.05, 0) is 45.1 Å². The molecule has 8 heteroatoms. The molecule has 3 aromatic rings. The maximum absolute atomic E-state index is 12.4. The molecule has 0 radical (unpaired) electrons. The molecule has 1 N–H and O–H groups in total. The Kier molecular flexibility index (Phi) is 3.56. The lowest BCUT2D eigenvalue weighted by Crippen LogP contribution is -2.14. The number of aromatic nitrogens is 5. The molecular formula is C16H18N6OS. The van der Waals surface area contributed by atoms with Gasteiger partial charge in [-0.1, -0.05) is 6.92 Å². The van der Waals surface area contributed by atoms with E-state index in [1.807, 2.05) is 19.9 Å². The molecule has 124 valence electrons. The molecule has 1 aliphatic carbocycles. The summed E-state index contributed by atoms with van der Waals surface area (Å²) in [5, 5.41) is 7.70. The topological polar surface area (TPSA) is 85.1 Å². The Morgan fingerprint density at radius 3 is 3.00 bits per heavy atom. The van der Waals surface area contributed by atoms with Gasteiger partial charge in [-0.3, -0.25) is 10.1 Å². The van der Waals surface area contributed by atoms with Crippen molar-refractivity contribution in [3.8, 4) is 0 Å². The van der Waals surface area contributed by atoms with Crippen molar-refractivity contribution < 1.29 is 4.79 Å². The van der Waals surface area contributed by atoms with Crippen LogP contribution in [0.5, 0.6) is 0 Å². The number of thiazole rings is 1. The van der Waals surface area contributed by atoms with Crippen LogP contribution >= 0.6 is 11.3 Å². The SMILES string of the molecule is Cc1cc(C)n2nc(C(=O)Nc3nc4c(s3)C[C@@H](C)CC4)nc2n1. The molecule has 4 rings (SSSR count). The molecule has 0 fully saturated rings. The number of anilines is 1. The number of nitrogens with one attached hydrogen (secondary N) is 1. The highest BCUT2D eigenvalue weighted by molar-refractivity contribution is 7.15. The number of rotatable bonds is 2. The summed E-state index contributed by atoms with van der Waals surface area (Å²) in [4.78, 5) is 26.8. The molecule has 3 aromatic heterocycles. The number of hydrogen-bond acceptors (Lipinski definition) is 6. The van der Waals surface area contributed by atoms with Gasteiger partial charge < -0.3 is 0 Å². The van der Waals surface area contributed by atoms with Gasteiger partial charge in [0.15, 0.2) is 5.13 Å². The average molecular weight is 342 g/mol. The van der Waals surface area contributed by atoms with Crippen molar-refractivity contribution in [3.63, 3.8) is 0 Å².